The molecular formula is C14H22O4. The van der Waals surface area contributed by atoms with Crippen molar-refractivity contribution in [2.75, 3.05) is 0 Å². The lowest BCUT2D eigenvalue weighted by Crippen LogP contribution is -2.44. The third kappa shape index (κ3) is 1.65. The molecule has 0 amide bonds. The number of esters is 2. The van der Waals surface area contributed by atoms with Crippen molar-refractivity contribution < 1.29 is 19.1 Å². The zero-order chi connectivity index (χ0) is 13.7. The topological polar surface area (TPSA) is 52.6 Å². The second-order valence-electron chi connectivity index (χ2n) is 6.39. The molecule has 4 nitrogen and oxygen atoms in total. The van der Waals surface area contributed by atoms with Gasteiger partial charge >= 0.3 is 11.9 Å². The van der Waals surface area contributed by atoms with Crippen LogP contribution >= 0.6 is 0 Å². The largest absolute Gasteiger partial charge is 0.458 e. The normalized spacial score (nSPS) is 40.6. The molecule has 102 valence electrons. The van der Waals surface area contributed by atoms with Crippen LogP contribution in [0.4, 0.5) is 0 Å². The van der Waals surface area contributed by atoms with Crippen molar-refractivity contribution in [2.45, 2.75) is 59.7 Å². The highest BCUT2D eigenvalue weighted by Gasteiger charge is 2.69. The van der Waals surface area contributed by atoms with Gasteiger partial charge in [-0.15, -0.1) is 0 Å². The molecule has 2 fully saturated rings. The Balaban J connectivity index is 2.34. The zero-order valence-electron chi connectivity index (χ0n) is 11.8. The van der Waals surface area contributed by atoms with E-state index in [-0.39, 0.29) is 40.9 Å². The highest BCUT2D eigenvalue weighted by molar-refractivity contribution is 5.67. The number of carbonyl (C=O) groups excluding carboxylic acids is 2. The summed E-state index contributed by atoms with van der Waals surface area (Å²) in [5.74, 6) is -0.332. The Morgan fingerprint density at radius 1 is 1.06 bits per heavy atom. The van der Waals surface area contributed by atoms with Crippen LogP contribution in [0.25, 0.3) is 0 Å². The molecule has 2 bridgehead atoms. The van der Waals surface area contributed by atoms with Gasteiger partial charge in [0.1, 0.15) is 12.2 Å². The molecule has 0 unspecified atom stereocenters. The van der Waals surface area contributed by atoms with Crippen LogP contribution in [-0.4, -0.2) is 24.1 Å². The van der Waals surface area contributed by atoms with E-state index >= 15 is 0 Å². The molecule has 0 N–H and O–H groups in total. The Hall–Kier alpha value is -1.06. The predicted octanol–water partition coefficient (Wildman–Crippen LogP) is 2.31. The Bertz CT molecular complexity index is 387. The number of rotatable bonds is 2. The molecule has 4 atom stereocenters. The van der Waals surface area contributed by atoms with Crippen molar-refractivity contribution in [3.8, 4) is 0 Å². The van der Waals surface area contributed by atoms with E-state index in [4.69, 9.17) is 9.47 Å². The minimum atomic E-state index is -0.312. The van der Waals surface area contributed by atoms with Gasteiger partial charge in [-0.2, -0.15) is 0 Å². The van der Waals surface area contributed by atoms with Gasteiger partial charge in [-0.1, -0.05) is 20.8 Å². The molecule has 18 heavy (non-hydrogen) atoms. The van der Waals surface area contributed by atoms with Crippen molar-refractivity contribution in [1.29, 1.82) is 0 Å². The standard InChI is InChI=1S/C14H22O4/c1-8(15)17-11-10-6-7-14(5,13(10,3)4)12(11)18-9(2)16/h10-12H,6-7H2,1-5H3/t10-,11-,12+,14+/m1/s1. The van der Waals surface area contributed by atoms with Gasteiger partial charge in [0.25, 0.3) is 0 Å². The second-order valence-corrected chi connectivity index (χ2v) is 6.39. The van der Waals surface area contributed by atoms with Crippen molar-refractivity contribution in [3.63, 3.8) is 0 Å². The molecule has 0 spiro atoms. The van der Waals surface area contributed by atoms with Gasteiger partial charge in [0, 0.05) is 25.2 Å². The van der Waals surface area contributed by atoms with Crippen molar-refractivity contribution in [1.82, 2.24) is 0 Å². The van der Waals surface area contributed by atoms with Gasteiger partial charge in [0.2, 0.25) is 0 Å². The van der Waals surface area contributed by atoms with Crippen LogP contribution in [0.15, 0.2) is 0 Å². The fourth-order valence-electron chi connectivity index (χ4n) is 3.93. The lowest BCUT2D eigenvalue weighted by atomic mass is 9.70. The van der Waals surface area contributed by atoms with Gasteiger partial charge in [-0.25, -0.2) is 0 Å². The van der Waals surface area contributed by atoms with E-state index in [9.17, 15) is 9.59 Å². The number of hydrogen-bond donors (Lipinski definition) is 0. The smallest absolute Gasteiger partial charge is 0.303 e. The monoisotopic (exact) mass is 254 g/mol. The summed E-state index contributed by atoms with van der Waals surface area (Å²) in [7, 11) is 0. The number of fused-ring (bicyclic) bond motifs is 2. The fourth-order valence-corrected chi connectivity index (χ4v) is 3.93. The van der Waals surface area contributed by atoms with E-state index in [2.05, 4.69) is 20.8 Å². The molecule has 0 aromatic heterocycles. The maximum Gasteiger partial charge on any atom is 0.303 e. The van der Waals surface area contributed by atoms with E-state index < -0.39 is 0 Å². The van der Waals surface area contributed by atoms with Crippen LogP contribution in [0.2, 0.25) is 0 Å². The average molecular weight is 254 g/mol. The van der Waals surface area contributed by atoms with E-state index in [1.54, 1.807) is 0 Å². The van der Waals surface area contributed by atoms with Crippen LogP contribution in [-0.2, 0) is 19.1 Å². The Labute approximate surface area is 108 Å². The number of hydrogen-bond acceptors (Lipinski definition) is 4. The molecule has 2 aliphatic carbocycles. The first-order valence-corrected chi connectivity index (χ1v) is 6.54. The minimum Gasteiger partial charge on any atom is -0.458 e. The summed E-state index contributed by atoms with van der Waals surface area (Å²) in [5.41, 5.74) is -0.0866. The Morgan fingerprint density at radius 3 is 2.11 bits per heavy atom. The van der Waals surface area contributed by atoms with Gasteiger partial charge in [0.15, 0.2) is 0 Å². The molecule has 0 aromatic rings. The summed E-state index contributed by atoms with van der Waals surface area (Å²) >= 11 is 0. The molecule has 2 rings (SSSR count). The van der Waals surface area contributed by atoms with E-state index in [0.717, 1.165) is 12.8 Å². The van der Waals surface area contributed by atoms with Crippen molar-refractivity contribution >= 4 is 11.9 Å². The van der Waals surface area contributed by atoms with Crippen LogP contribution in [0, 0.1) is 16.7 Å². The lowest BCUT2D eigenvalue weighted by molar-refractivity contribution is -0.175. The Morgan fingerprint density at radius 2 is 1.61 bits per heavy atom. The molecule has 0 radical (unpaired) electrons. The van der Waals surface area contributed by atoms with Crippen molar-refractivity contribution in [2.24, 2.45) is 16.7 Å². The van der Waals surface area contributed by atoms with E-state index in [1.807, 2.05) is 0 Å². The minimum absolute atomic E-state index is 0.0211. The number of ether oxygens (including phenoxy) is 2. The third-order valence-corrected chi connectivity index (χ3v) is 5.29. The highest BCUT2D eigenvalue weighted by Crippen LogP contribution is 2.66. The van der Waals surface area contributed by atoms with Crippen LogP contribution < -0.4 is 0 Å². The van der Waals surface area contributed by atoms with Crippen LogP contribution in [0.5, 0.6) is 0 Å². The zero-order valence-corrected chi connectivity index (χ0v) is 11.8. The number of carbonyl (C=O) groups is 2. The maximum atomic E-state index is 11.3. The predicted molar refractivity (Wildman–Crippen MR) is 65.7 cm³/mol. The highest BCUT2D eigenvalue weighted by atomic mass is 16.6. The summed E-state index contributed by atoms with van der Waals surface area (Å²) in [5, 5.41) is 0. The van der Waals surface area contributed by atoms with Crippen LogP contribution in [0.1, 0.15) is 47.5 Å². The quantitative estimate of drug-likeness (QED) is 0.710. The molecule has 4 heteroatoms. The Kier molecular flexibility index (Phi) is 2.95. The summed E-state index contributed by atoms with van der Waals surface area (Å²) in [6, 6.07) is 0. The molecule has 2 saturated carbocycles. The van der Waals surface area contributed by atoms with Gasteiger partial charge in [0.05, 0.1) is 0 Å². The molecule has 0 aliphatic heterocycles. The van der Waals surface area contributed by atoms with Gasteiger partial charge < -0.3 is 9.47 Å². The maximum absolute atomic E-state index is 11.3. The molecule has 2 aliphatic rings. The molecular weight excluding hydrogens is 232 g/mol. The lowest BCUT2D eigenvalue weighted by Gasteiger charge is -2.38. The summed E-state index contributed by atoms with van der Waals surface area (Å²) in [6.07, 6.45) is 1.44. The summed E-state index contributed by atoms with van der Waals surface area (Å²) < 4.78 is 10.9. The van der Waals surface area contributed by atoms with Gasteiger partial charge in [-0.3, -0.25) is 9.59 Å². The summed E-state index contributed by atoms with van der Waals surface area (Å²) in [4.78, 5) is 22.6. The average Bonchev–Trinajstić information content (AvgIpc) is 2.50. The molecule has 0 heterocycles. The van der Waals surface area contributed by atoms with E-state index in [1.165, 1.54) is 13.8 Å². The van der Waals surface area contributed by atoms with Gasteiger partial charge in [-0.05, 0) is 18.3 Å². The van der Waals surface area contributed by atoms with E-state index in [0.29, 0.717) is 0 Å². The SMILES string of the molecule is CC(=O)O[C@@H]1[C@H]2CC[C@@](C)([C@H]1OC(C)=O)C2(C)C. The van der Waals surface area contributed by atoms with Crippen molar-refractivity contribution in [3.05, 3.63) is 0 Å². The molecule has 0 saturated heterocycles. The molecule has 0 aromatic carbocycles. The fraction of sp³-hybridized carbons (Fsp3) is 0.857. The first kappa shape index (κ1) is 13.4. The summed E-state index contributed by atoms with van der Waals surface area (Å²) in [6.45, 7) is 9.33. The third-order valence-electron chi connectivity index (χ3n) is 5.29. The first-order chi connectivity index (χ1) is 8.20. The first-order valence-electron chi connectivity index (χ1n) is 6.54. The second kappa shape index (κ2) is 3.97. The van der Waals surface area contributed by atoms with Crippen LogP contribution in [0.3, 0.4) is 0 Å².